The number of nitrogens with one attached hydrogen (secondary N) is 1. The maximum Gasteiger partial charge on any atom is 0.416 e. The van der Waals surface area contributed by atoms with Crippen LogP contribution in [0.2, 0.25) is 0 Å². The van der Waals surface area contributed by atoms with E-state index in [0.717, 1.165) is 22.4 Å². The summed E-state index contributed by atoms with van der Waals surface area (Å²) in [6.45, 7) is 1.88. The van der Waals surface area contributed by atoms with Crippen molar-refractivity contribution in [2.45, 2.75) is 13.1 Å². The zero-order valence-corrected chi connectivity index (χ0v) is 11.9. The third-order valence-electron chi connectivity index (χ3n) is 3.23. The van der Waals surface area contributed by atoms with E-state index < -0.39 is 17.8 Å². The van der Waals surface area contributed by atoms with Crippen molar-refractivity contribution in [2.75, 3.05) is 5.32 Å². The molecule has 1 heterocycles. The molecule has 0 saturated heterocycles. The lowest BCUT2D eigenvalue weighted by Crippen LogP contribution is -2.21. The van der Waals surface area contributed by atoms with Crippen molar-refractivity contribution in [1.29, 1.82) is 0 Å². The van der Waals surface area contributed by atoms with Gasteiger partial charge in [0.15, 0.2) is 0 Å². The van der Waals surface area contributed by atoms with Crippen LogP contribution >= 0.6 is 0 Å². The van der Waals surface area contributed by atoms with Crippen LogP contribution in [0, 0.1) is 6.92 Å². The molecule has 3 aromatic rings. The number of hydrogen-bond acceptors (Lipinski definition) is 3. The molecule has 0 atom stereocenters. The predicted octanol–water partition coefficient (Wildman–Crippen LogP) is 3.84. The highest BCUT2D eigenvalue weighted by Crippen LogP contribution is 2.30. The largest absolute Gasteiger partial charge is 0.416 e. The Hall–Kier alpha value is -2.90. The van der Waals surface area contributed by atoms with Crippen LogP contribution in [0.15, 0.2) is 42.5 Å². The molecule has 2 aromatic carbocycles. The Morgan fingerprint density at radius 3 is 2.70 bits per heavy atom. The molecule has 1 N–H and O–H groups in total. The Labute approximate surface area is 128 Å². The summed E-state index contributed by atoms with van der Waals surface area (Å²) in [5.41, 5.74) is 1.15. The number of benzene rings is 2. The van der Waals surface area contributed by atoms with Crippen molar-refractivity contribution in [2.24, 2.45) is 0 Å². The lowest BCUT2D eigenvalue weighted by molar-refractivity contribution is -0.137. The van der Waals surface area contributed by atoms with E-state index in [9.17, 15) is 18.0 Å². The van der Waals surface area contributed by atoms with Gasteiger partial charge >= 0.3 is 12.2 Å². The topological polar surface area (TPSA) is 59.8 Å². The first-order chi connectivity index (χ1) is 10.8. The minimum Gasteiger partial charge on any atom is -0.306 e. The van der Waals surface area contributed by atoms with Gasteiger partial charge in [-0.05, 0) is 42.8 Å². The van der Waals surface area contributed by atoms with E-state index in [0.29, 0.717) is 11.0 Å². The molecule has 1 amide bonds. The third-order valence-corrected chi connectivity index (χ3v) is 3.23. The highest BCUT2D eigenvalue weighted by molar-refractivity contribution is 5.96. The molecule has 0 unspecified atom stereocenters. The second-order valence-electron chi connectivity index (χ2n) is 5.00. The summed E-state index contributed by atoms with van der Waals surface area (Å²) in [7, 11) is 0. The number of alkyl halides is 3. The Bertz CT molecular complexity index is 886. The number of amides is 1. The molecular weight excluding hydrogens is 309 g/mol. The fraction of sp³-hybridized carbons (Fsp3) is 0.133. The first-order valence-electron chi connectivity index (χ1n) is 6.65. The molecule has 8 heteroatoms. The number of carbonyl (C=O) groups excluding carboxylic acids is 1. The van der Waals surface area contributed by atoms with Crippen LogP contribution in [0.3, 0.4) is 0 Å². The summed E-state index contributed by atoms with van der Waals surface area (Å²) < 4.78 is 39.1. The molecule has 118 valence electrons. The number of nitrogens with zero attached hydrogens (tertiary/aromatic N) is 3. The van der Waals surface area contributed by atoms with Crippen LogP contribution in [0.5, 0.6) is 0 Å². The molecule has 0 bridgehead atoms. The molecule has 23 heavy (non-hydrogen) atoms. The third kappa shape index (κ3) is 3.01. The van der Waals surface area contributed by atoms with E-state index >= 15 is 0 Å². The second kappa shape index (κ2) is 5.38. The van der Waals surface area contributed by atoms with E-state index in [-0.39, 0.29) is 5.69 Å². The summed E-state index contributed by atoms with van der Waals surface area (Å²) in [6.07, 6.45) is -4.47. The number of hydrogen-bond donors (Lipinski definition) is 1. The highest BCUT2D eigenvalue weighted by atomic mass is 19.4. The summed E-state index contributed by atoms with van der Waals surface area (Å²) >= 11 is 0. The van der Waals surface area contributed by atoms with E-state index in [1.807, 2.05) is 6.92 Å². The van der Waals surface area contributed by atoms with Crippen molar-refractivity contribution in [3.63, 3.8) is 0 Å². The minimum absolute atomic E-state index is 0.0283. The molecule has 3 rings (SSSR count). The van der Waals surface area contributed by atoms with Crippen molar-refractivity contribution in [3.05, 3.63) is 53.6 Å². The molecule has 5 nitrogen and oxygen atoms in total. The first kappa shape index (κ1) is 15.0. The lowest BCUT2D eigenvalue weighted by atomic mass is 10.2. The number of fused-ring (bicyclic) bond motifs is 1. The van der Waals surface area contributed by atoms with Gasteiger partial charge in [0.05, 0.1) is 11.1 Å². The van der Waals surface area contributed by atoms with Gasteiger partial charge in [-0.1, -0.05) is 17.3 Å². The average molecular weight is 320 g/mol. The van der Waals surface area contributed by atoms with Crippen LogP contribution < -0.4 is 5.32 Å². The minimum atomic E-state index is -4.47. The highest BCUT2D eigenvalue weighted by Gasteiger charge is 2.30. The van der Waals surface area contributed by atoms with Gasteiger partial charge in [0.25, 0.3) is 0 Å². The Morgan fingerprint density at radius 1 is 1.17 bits per heavy atom. The lowest BCUT2D eigenvalue weighted by Gasteiger charge is -2.09. The van der Waals surface area contributed by atoms with Gasteiger partial charge in [0.1, 0.15) is 5.52 Å². The summed E-state index contributed by atoms with van der Waals surface area (Å²) in [6, 6.07) is 8.94. The Kier molecular flexibility index (Phi) is 3.51. The number of anilines is 1. The number of aryl methyl sites for hydroxylation is 1. The van der Waals surface area contributed by atoms with Crippen molar-refractivity contribution in [3.8, 4) is 0 Å². The smallest absolute Gasteiger partial charge is 0.306 e. The Balaban J connectivity index is 1.89. The van der Waals surface area contributed by atoms with Crippen molar-refractivity contribution in [1.82, 2.24) is 15.0 Å². The van der Waals surface area contributed by atoms with E-state index in [1.54, 1.807) is 18.2 Å². The van der Waals surface area contributed by atoms with Gasteiger partial charge in [-0.15, -0.1) is 5.10 Å². The number of carbonyl (C=O) groups is 1. The van der Waals surface area contributed by atoms with Crippen molar-refractivity contribution >= 4 is 22.8 Å². The number of rotatable bonds is 1. The van der Waals surface area contributed by atoms with Gasteiger partial charge in [-0.3, -0.25) is 0 Å². The van der Waals surface area contributed by atoms with E-state index in [2.05, 4.69) is 15.6 Å². The van der Waals surface area contributed by atoms with Crippen molar-refractivity contribution < 1.29 is 18.0 Å². The van der Waals surface area contributed by atoms with Crippen LogP contribution in [-0.2, 0) is 6.18 Å². The second-order valence-corrected chi connectivity index (χ2v) is 5.00. The van der Waals surface area contributed by atoms with Gasteiger partial charge in [-0.2, -0.15) is 17.9 Å². The molecule has 0 aliphatic rings. The van der Waals surface area contributed by atoms with Crippen LogP contribution in [0.4, 0.5) is 23.7 Å². The summed E-state index contributed by atoms with van der Waals surface area (Å²) in [5.74, 6) is 0. The maximum atomic E-state index is 12.7. The van der Waals surface area contributed by atoms with Gasteiger partial charge in [0.2, 0.25) is 0 Å². The molecule has 0 saturated carbocycles. The molecule has 1 aromatic heterocycles. The normalized spacial score (nSPS) is 11.7. The molecule has 0 spiro atoms. The predicted molar refractivity (Wildman–Crippen MR) is 78.1 cm³/mol. The summed E-state index contributed by atoms with van der Waals surface area (Å²) in [5, 5.41) is 9.99. The maximum absolute atomic E-state index is 12.7. The summed E-state index contributed by atoms with van der Waals surface area (Å²) in [4.78, 5) is 12.2. The van der Waals surface area contributed by atoms with Crippen LogP contribution in [0.25, 0.3) is 11.0 Å². The number of aromatic nitrogens is 3. The van der Waals surface area contributed by atoms with Crippen LogP contribution in [0.1, 0.15) is 11.1 Å². The van der Waals surface area contributed by atoms with Gasteiger partial charge in [0, 0.05) is 5.69 Å². The zero-order valence-electron chi connectivity index (χ0n) is 11.9. The number of halogens is 3. The standard InChI is InChI=1S/C15H11F3N4O/c1-9-5-6-13-12(7-9)20-21-22(13)14(23)19-11-4-2-3-10(8-11)15(16,17)18/h2-8H,1H3,(H,19,23). The average Bonchev–Trinajstić information content (AvgIpc) is 2.89. The monoisotopic (exact) mass is 320 g/mol. The van der Waals surface area contributed by atoms with Gasteiger partial charge < -0.3 is 5.32 Å². The quantitative estimate of drug-likeness (QED) is 0.741. The molecule has 0 fully saturated rings. The van der Waals surface area contributed by atoms with E-state index in [1.165, 1.54) is 12.1 Å². The first-order valence-corrected chi connectivity index (χ1v) is 6.65. The molecular formula is C15H11F3N4O. The molecule has 0 radical (unpaired) electrons. The van der Waals surface area contributed by atoms with Gasteiger partial charge in [-0.25, -0.2) is 4.79 Å². The molecule has 0 aliphatic heterocycles. The Morgan fingerprint density at radius 2 is 1.96 bits per heavy atom. The zero-order chi connectivity index (χ0) is 16.6. The van der Waals surface area contributed by atoms with E-state index in [4.69, 9.17) is 0 Å². The fourth-order valence-corrected chi connectivity index (χ4v) is 2.13. The molecule has 0 aliphatic carbocycles. The van der Waals surface area contributed by atoms with Crippen LogP contribution in [-0.4, -0.2) is 21.0 Å². The SMILES string of the molecule is Cc1ccc2c(c1)nnn2C(=O)Nc1cccc(C(F)(F)F)c1. The fourth-order valence-electron chi connectivity index (χ4n) is 2.13.